The highest BCUT2D eigenvalue weighted by Gasteiger charge is 2.18. The summed E-state index contributed by atoms with van der Waals surface area (Å²) in [5.74, 6) is 0. The van der Waals surface area contributed by atoms with Crippen LogP contribution >= 0.6 is 11.6 Å². The monoisotopic (exact) mass is 121 g/mol. The molecule has 7 heavy (non-hydrogen) atoms. The van der Waals surface area contributed by atoms with Crippen molar-refractivity contribution in [2.75, 3.05) is 0 Å². The molecule has 2 nitrogen and oxygen atoms in total. The number of alkyl halides is 1. The third-order valence-corrected chi connectivity index (χ3v) is 1.32. The van der Waals surface area contributed by atoms with Crippen LogP contribution in [0.25, 0.3) is 0 Å². The molecule has 0 aromatic carbocycles. The Morgan fingerprint density at radius 2 is 2.29 bits per heavy atom. The van der Waals surface area contributed by atoms with Crippen molar-refractivity contribution in [1.29, 1.82) is 0 Å². The number of nitrogens with two attached hydrogens (primary N) is 1. The molecule has 0 aliphatic carbocycles. The topological polar surface area (TPSA) is 35.2 Å². The summed E-state index contributed by atoms with van der Waals surface area (Å²) in [4.78, 5) is 0. The first-order valence-corrected chi connectivity index (χ1v) is 2.78. The van der Waals surface area contributed by atoms with Crippen molar-refractivity contribution in [2.45, 2.75) is 24.6 Å². The average molecular weight is 122 g/mol. The summed E-state index contributed by atoms with van der Waals surface area (Å²) in [6, 6.07) is 0. The molecule has 0 aromatic heterocycles. The van der Waals surface area contributed by atoms with Crippen molar-refractivity contribution in [3.8, 4) is 0 Å². The molecule has 2 unspecified atom stereocenters. The van der Waals surface area contributed by atoms with Gasteiger partial charge in [-0.1, -0.05) is 11.6 Å². The van der Waals surface area contributed by atoms with E-state index in [4.69, 9.17) is 22.1 Å². The molecule has 42 valence electrons. The van der Waals surface area contributed by atoms with Gasteiger partial charge in [-0.05, 0) is 12.8 Å². The molecule has 1 heterocycles. The number of hydrogen-bond acceptors (Lipinski definition) is 2. The number of halogens is 1. The van der Waals surface area contributed by atoms with Gasteiger partial charge in [-0.15, -0.1) is 0 Å². The van der Waals surface area contributed by atoms with E-state index in [9.17, 15) is 0 Å². The fourth-order valence-electron chi connectivity index (χ4n) is 0.621. The van der Waals surface area contributed by atoms with Gasteiger partial charge in [0.2, 0.25) is 0 Å². The molecule has 1 aliphatic heterocycles. The van der Waals surface area contributed by atoms with E-state index >= 15 is 0 Å². The Morgan fingerprint density at radius 1 is 1.57 bits per heavy atom. The van der Waals surface area contributed by atoms with Gasteiger partial charge in [0.1, 0.15) is 11.8 Å². The first-order valence-electron chi connectivity index (χ1n) is 2.34. The molecule has 1 rings (SSSR count). The van der Waals surface area contributed by atoms with Gasteiger partial charge in [-0.25, -0.2) is 0 Å². The Kier molecular flexibility index (Phi) is 1.52. The zero-order valence-corrected chi connectivity index (χ0v) is 4.69. The second-order valence-electron chi connectivity index (χ2n) is 1.66. The van der Waals surface area contributed by atoms with E-state index in [-0.39, 0.29) is 11.8 Å². The van der Waals surface area contributed by atoms with Crippen molar-refractivity contribution in [3.05, 3.63) is 0 Å². The summed E-state index contributed by atoms with van der Waals surface area (Å²) in [7, 11) is 0. The molecule has 1 aliphatic rings. The van der Waals surface area contributed by atoms with Crippen LogP contribution in [0.3, 0.4) is 0 Å². The van der Waals surface area contributed by atoms with Gasteiger partial charge >= 0.3 is 0 Å². The number of hydrogen-bond donors (Lipinski definition) is 1. The van der Waals surface area contributed by atoms with Crippen molar-refractivity contribution < 1.29 is 4.74 Å². The summed E-state index contributed by atoms with van der Waals surface area (Å²) in [5, 5.41) is 0. The molecule has 0 amide bonds. The van der Waals surface area contributed by atoms with Gasteiger partial charge in [0, 0.05) is 0 Å². The van der Waals surface area contributed by atoms with Crippen molar-refractivity contribution in [2.24, 2.45) is 5.73 Å². The van der Waals surface area contributed by atoms with Crippen LogP contribution in [0.4, 0.5) is 0 Å². The van der Waals surface area contributed by atoms with Crippen molar-refractivity contribution in [1.82, 2.24) is 0 Å². The molecule has 0 aromatic rings. The number of ether oxygens (including phenoxy) is 1. The SMILES string of the molecule is NC1CCC(Cl)O1. The summed E-state index contributed by atoms with van der Waals surface area (Å²) in [6.07, 6.45) is 1.68. The zero-order chi connectivity index (χ0) is 5.28. The normalized spacial score (nSPS) is 42.0. The van der Waals surface area contributed by atoms with E-state index in [2.05, 4.69) is 0 Å². The highest BCUT2D eigenvalue weighted by molar-refractivity contribution is 6.19. The highest BCUT2D eigenvalue weighted by atomic mass is 35.5. The van der Waals surface area contributed by atoms with Crippen LogP contribution in [-0.2, 0) is 4.74 Å². The van der Waals surface area contributed by atoms with Gasteiger partial charge in [-0.2, -0.15) is 0 Å². The maximum Gasteiger partial charge on any atom is 0.133 e. The molecule has 1 saturated heterocycles. The minimum atomic E-state index is -0.130. The van der Waals surface area contributed by atoms with Gasteiger partial charge in [-0.3, -0.25) is 0 Å². The molecule has 0 saturated carbocycles. The molecular formula is C4H8ClNO. The van der Waals surface area contributed by atoms with Crippen LogP contribution in [0, 0.1) is 0 Å². The Balaban J connectivity index is 2.26. The second-order valence-corrected chi connectivity index (χ2v) is 2.15. The molecule has 0 spiro atoms. The van der Waals surface area contributed by atoms with Crippen LogP contribution in [0.2, 0.25) is 0 Å². The standard InChI is InChI=1S/C4H8ClNO/c5-3-1-2-4(6)7-3/h3-4H,1-2,6H2. The Hall–Kier alpha value is 0.210. The third kappa shape index (κ3) is 1.30. The first kappa shape index (κ1) is 5.35. The summed E-state index contributed by atoms with van der Waals surface area (Å²) in [6.45, 7) is 0. The molecule has 2 N–H and O–H groups in total. The van der Waals surface area contributed by atoms with Crippen LogP contribution in [0.1, 0.15) is 12.8 Å². The van der Waals surface area contributed by atoms with E-state index in [1.807, 2.05) is 0 Å². The minimum Gasteiger partial charge on any atom is -0.345 e. The van der Waals surface area contributed by atoms with Gasteiger partial charge in [0.25, 0.3) is 0 Å². The lowest BCUT2D eigenvalue weighted by Crippen LogP contribution is -2.17. The first-order chi connectivity index (χ1) is 3.29. The fraction of sp³-hybridized carbons (Fsp3) is 1.00. The maximum atomic E-state index is 5.50. The lowest BCUT2D eigenvalue weighted by Gasteiger charge is -1.99. The number of rotatable bonds is 0. The molecule has 2 atom stereocenters. The summed E-state index contributed by atoms with van der Waals surface area (Å²) < 4.78 is 4.90. The van der Waals surface area contributed by atoms with E-state index in [0.717, 1.165) is 12.8 Å². The van der Waals surface area contributed by atoms with Crippen LogP contribution in [-0.4, -0.2) is 11.8 Å². The van der Waals surface area contributed by atoms with Gasteiger partial charge in [0.05, 0.1) is 0 Å². The minimum absolute atomic E-state index is 0.109. The van der Waals surface area contributed by atoms with Crippen molar-refractivity contribution >= 4 is 11.6 Å². The van der Waals surface area contributed by atoms with Crippen LogP contribution in [0.15, 0.2) is 0 Å². The van der Waals surface area contributed by atoms with Crippen LogP contribution < -0.4 is 5.73 Å². The Bertz CT molecular complexity index is 60.7. The van der Waals surface area contributed by atoms with E-state index in [1.54, 1.807) is 0 Å². The fourth-order valence-corrected chi connectivity index (χ4v) is 0.879. The lowest BCUT2D eigenvalue weighted by atomic mass is 10.3. The van der Waals surface area contributed by atoms with E-state index in [1.165, 1.54) is 0 Å². The predicted molar refractivity (Wildman–Crippen MR) is 27.9 cm³/mol. The smallest absolute Gasteiger partial charge is 0.133 e. The highest BCUT2D eigenvalue weighted by Crippen LogP contribution is 2.18. The molecule has 3 heteroatoms. The largest absolute Gasteiger partial charge is 0.345 e. The predicted octanol–water partition coefficient (Wildman–Crippen LogP) is 0.646. The lowest BCUT2D eigenvalue weighted by molar-refractivity contribution is 0.0934. The summed E-state index contributed by atoms with van der Waals surface area (Å²) >= 11 is 5.50. The molecule has 0 bridgehead atoms. The van der Waals surface area contributed by atoms with Gasteiger partial charge < -0.3 is 10.5 Å². The molecule has 0 radical (unpaired) electrons. The Morgan fingerprint density at radius 3 is 2.43 bits per heavy atom. The second kappa shape index (κ2) is 1.99. The average Bonchev–Trinajstić information content (AvgIpc) is 1.87. The van der Waals surface area contributed by atoms with Gasteiger partial charge in [0.15, 0.2) is 0 Å². The van der Waals surface area contributed by atoms with E-state index in [0.29, 0.717) is 0 Å². The van der Waals surface area contributed by atoms with E-state index < -0.39 is 0 Å². The van der Waals surface area contributed by atoms with Crippen molar-refractivity contribution in [3.63, 3.8) is 0 Å². The Labute approximate surface area is 47.6 Å². The molecule has 1 fully saturated rings. The molecular weight excluding hydrogens is 114 g/mol. The maximum absolute atomic E-state index is 5.50. The quantitative estimate of drug-likeness (QED) is 0.478. The third-order valence-electron chi connectivity index (χ3n) is 1.00. The summed E-state index contributed by atoms with van der Waals surface area (Å²) in [5.41, 5.74) is 5.19. The zero-order valence-electron chi connectivity index (χ0n) is 3.93. The van der Waals surface area contributed by atoms with Crippen LogP contribution in [0.5, 0.6) is 0 Å².